The van der Waals surface area contributed by atoms with Gasteiger partial charge in [0, 0.05) is 24.3 Å². The molecule has 3 aromatic rings. The Bertz CT molecular complexity index is 732. The van der Waals surface area contributed by atoms with Gasteiger partial charge < -0.3 is 4.57 Å². The van der Waals surface area contributed by atoms with Gasteiger partial charge in [-0.2, -0.15) is 0 Å². The van der Waals surface area contributed by atoms with Crippen LogP contribution in [0.15, 0.2) is 54.2 Å². The van der Waals surface area contributed by atoms with E-state index in [4.69, 9.17) is 0 Å². The van der Waals surface area contributed by atoms with E-state index in [2.05, 4.69) is 4.98 Å². The summed E-state index contributed by atoms with van der Waals surface area (Å²) in [7, 11) is 0. The van der Waals surface area contributed by atoms with Gasteiger partial charge in [0.15, 0.2) is 5.78 Å². The SMILES string of the molecule is O=C(Cc1nccs1)c1cccn1Cc1ccc(F)cc1. The van der Waals surface area contributed by atoms with Gasteiger partial charge in [-0.3, -0.25) is 4.79 Å². The molecule has 5 heteroatoms. The maximum absolute atomic E-state index is 12.9. The minimum Gasteiger partial charge on any atom is -0.341 e. The van der Waals surface area contributed by atoms with E-state index in [-0.39, 0.29) is 11.6 Å². The van der Waals surface area contributed by atoms with E-state index in [0.717, 1.165) is 10.6 Å². The van der Waals surface area contributed by atoms with E-state index in [1.807, 2.05) is 22.2 Å². The van der Waals surface area contributed by atoms with Crippen molar-refractivity contribution in [2.75, 3.05) is 0 Å². The fourth-order valence-electron chi connectivity index (χ4n) is 2.16. The molecule has 21 heavy (non-hydrogen) atoms. The number of carbonyl (C=O) groups is 1. The van der Waals surface area contributed by atoms with Crippen molar-refractivity contribution in [3.63, 3.8) is 0 Å². The summed E-state index contributed by atoms with van der Waals surface area (Å²) in [4.78, 5) is 16.5. The first-order valence-electron chi connectivity index (χ1n) is 6.53. The smallest absolute Gasteiger partial charge is 0.186 e. The standard InChI is InChI=1S/C16H13FN2OS/c17-13-5-3-12(4-6-13)11-19-8-1-2-14(19)15(20)10-16-18-7-9-21-16/h1-9H,10-11H2. The molecule has 0 radical (unpaired) electrons. The first-order chi connectivity index (χ1) is 10.2. The van der Waals surface area contributed by atoms with Crippen LogP contribution in [0.3, 0.4) is 0 Å². The van der Waals surface area contributed by atoms with Gasteiger partial charge in [0.1, 0.15) is 10.8 Å². The number of halogens is 1. The largest absolute Gasteiger partial charge is 0.341 e. The molecule has 0 N–H and O–H groups in total. The van der Waals surface area contributed by atoms with E-state index in [1.54, 1.807) is 24.4 Å². The van der Waals surface area contributed by atoms with Gasteiger partial charge in [-0.05, 0) is 29.8 Å². The Labute approximate surface area is 125 Å². The number of nitrogens with zero attached hydrogens (tertiary/aromatic N) is 2. The summed E-state index contributed by atoms with van der Waals surface area (Å²) < 4.78 is 14.8. The average molecular weight is 300 g/mol. The van der Waals surface area contributed by atoms with Gasteiger partial charge in [0.25, 0.3) is 0 Å². The highest BCUT2D eigenvalue weighted by atomic mass is 32.1. The maximum atomic E-state index is 12.9. The summed E-state index contributed by atoms with van der Waals surface area (Å²) in [5, 5.41) is 2.68. The van der Waals surface area contributed by atoms with E-state index in [0.29, 0.717) is 18.7 Å². The van der Waals surface area contributed by atoms with Crippen LogP contribution in [-0.4, -0.2) is 15.3 Å². The zero-order chi connectivity index (χ0) is 14.7. The Morgan fingerprint density at radius 1 is 1.24 bits per heavy atom. The fraction of sp³-hybridized carbons (Fsp3) is 0.125. The normalized spacial score (nSPS) is 10.7. The summed E-state index contributed by atoms with van der Waals surface area (Å²) in [6.45, 7) is 0.548. The average Bonchev–Trinajstić information content (AvgIpc) is 3.13. The molecule has 0 aliphatic carbocycles. The third-order valence-electron chi connectivity index (χ3n) is 3.18. The number of rotatable bonds is 5. The second-order valence-corrected chi connectivity index (χ2v) is 5.65. The van der Waals surface area contributed by atoms with Crippen LogP contribution < -0.4 is 0 Å². The van der Waals surface area contributed by atoms with E-state index in [1.165, 1.54) is 23.5 Å². The molecule has 0 atom stereocenters. The molecule has 2 aromatic heterocycles. The molecule has 1 aromatic carbocycles. The third-order valence-corrected chi connectivity index (χ3v) is 3.96. The number of aromatic nitrogens is 2. The lowest BCUT2D eigenvalue weighted by molar-refractivity contribution is 0.0984. The summed E-state index contributed by atoms with van der Waals surface area (Å²) >= 11 is 1.48. The van der Waals surface area contributed by atoms with Gasteiger partial charge in [-0.1, -0.05) is 12.1 Å². The van der Waals surface area contributed by atoms with E-state index in [9.17, 15) is 9.18 Å². The molecule has 0 fully saturated rings. The number of hydrogen-bond donors (Lipinski definition) is 0. The predicted molar refractivity (Wildman–Crippen MR) is 80.1 cm³/mol. The number of thiazole rings is 1. The van der Waals surface area contributed by atoms with Crippen LogP contribution in [0.1, 0.15) is 21.1 Å². The highest BCUT2D eigenvalue weighted by molar-refractivity contribution is 7.09. The number of hydrogen-bond acceptors (Lipinski definition) is 3. The van der Waals surface area contributed by atoms with Crippen molar-refractivity contribution in [2.24, 2.45) is 0 Å². The molecule has 0 aliphatic heterocycles. The van der Waals surface area contributed by atoms with Crippen LogP contribution in [0, 0.1) is 5.82 Å². The molecule has 0 aliphatic rings. The quantitative estimate of drug-likeness (QED) is 0.675. The third kappa shape index (κ3) is 3.25. The van der Waals surface area contributed by atoms with Gasteiger partial charge in [-0.15, -0.1) is 11.3 Å². The van der Waals surface area contributed by atoms with E-state index < -0.39 is 0 Å². The lowest BCUT2D eigenvalue weighted by Gasteiger charge is -2.08. The molecule has 0 spiro atoms. The Balaban J connectivity index is 1.77. The Morgan fingerprint density at radius 3 is 2.76 bits per heavy atom. The predicted octanol–water partition coefficient (Wildman–Crippen LogP) is 3.56. The topological polar surface area (TPSA) is 34.9 Å². The van der Waals surface area contributed by atoms with Crippen molar-refractivity contribution in [1.82, 2.24) is 9.55 Å². The van der Waals surface area contributed by atoms with Crippen LogP contribution in [-0.2, 0) is 13.0 Å². The van der Waals surface area contributed by atoms with Crippen molar-refractivity contribution in [3.05, 3.63) is 76.3 Å². The summed E-state index contributed by atoms with van der Waals surface area (Å²) in [6, 6.07) is 9.96. The van der Waals surface area contributed by atoms with Crippen LogP contribution in [0.2, 0.25) is 0 Å². The van der Waals surface area contributed by atoms with Crippen LogP contribution >= 0.6 is 11.3 Å². The number of ketones is 1. The molecular formula is C16H13FN2OS. The Morgan fingerprint density at radius 2 is 2.05 bits per heavy atom. The fourth-order valence-corrected chi connectivity index (χ4v) is 2.77. The molecule has 3 nitrogen and oxygen atoms in total. The molecule has 0 saturated heterocycles. The Hall–Kier alpha value is -2.27. The minimum atomic E-state index is -0.258. The lowest BCUT2D eigenvalue weighted by atomic mass is 10.2. The molecule has 0 bridgehead atoms. The summed E-state index contributed by atoms with van der Waals surface area (Å²) in [5.41, 5.74) is 1.60. The van der Waals surface area contributed by atoms with Crippen molar-refractivity contribution in [3.8, 4) is 0 Å². The van der Waals surface area contributed by atoms with Gasteiger partial charge >= 0.3 is 0 Å². The van der Waals surface area contributed by atoms with Crippen molar-refractivity contribution in [1.29, 1.82) is 0 Å². The zero-order valence-electron chi connectivity index (χ0n) is 11.2. The minimum absolute atomic E-state index is 0.0389. The van der Waals surface area contributed by atoms with Gasteiger partial charge in [0.05, 0.1) is 12.1 Å². The van der Waals surface area contributed by atoms with Crippen molar-refractivity contribution < 1.29 is 9.18 Å². The monoisotopic (exact) mass is 300 g/mol. The lowest BCUT2D eigenvalue weighted by Crippen LogP contribution is -2.11. The molecule has 0 saturated carbocycles. The zero-order valence-corrected chi connectivity index (χ0v) is 12.0. The van der Waals surface area contributed by atoms with Crippen LogP contribution in [0.4, 0.5) is 4.39 Å². The van der Waals surface area contributed by atoms with Gasteiger partial charge in [0.2, 0.25) is 0 Å². The molecular weight excluding hydrogens is 287 g/mol. The molecule has 2 heterocycles. The molecule has 106 valence electrons. The van der Waals surface area contributed by atoms with Crippen LogP contribution in [0.5, 0.6) is 0 Å². The number of carbonyl (C=O) groups excluding carboxylic acids is 1. The van der Waals surface area contributed by atoms with Crippen molar-refractivity contribution >= 4 is 17.1 Å². The second kappa shape index (κ2) is 6.01. The molecule has 3 rings (SSSR count). The highest BCUT2D eigenvalue weighted by Crippen LogP contribution is 2.13. The van der Waals surface area contributed by atoms with Gasteiger partial charge in [-0.25, -0.2) is 9.37 Å². The van der Waals surface area contributed by atoms with Crippen LogP contribution in [0.25, 0.3) is 0 Å². The first kappa shape index (κ1) is 13.7. The van der Waals surface area contributed by atoms with Crippen molar-refractivity contribution in [2.45, 2.75) is 13.0 Å². The Kier molecular flexibility index (Phi) is 3.92. The maximum Gasteiger partial charge on any atom is 0.186 e. The summed E-state index contributed by atoms with van der Waals surface area (Å²) in [5.74, 6) is -0.219. The second-order valence-electron chi connectivity index (χ2n) is 4.67. The molecule has 0 unspecified atom stereocenters. The summed E-state index contributed by atoms with van der Waals surface area (Å²) in [6.07, 6.45) is 3.87. The first-order valence-corrected chi connectivity index (χ1v) is 7.41. The van der Waals surface area contributed by atoms with E-state index >= 15 is 0 Å². The number of benzene rings is 1. The highest BCUT2D eigenvalue weighted by Gasteiger charge is 2.13. The molecule has 0 amide bonds. The number of Topliss-reactive ketones (excluding diaryl/α,β-unsaturated/α-hetero) is 1.